The summed E-state index contributed by atoms with van der Waals surface area (Å²) in [6, 6.07) is 11.1. The molecule has 3 heterocycles. The van der Waals surface area contributed by atoms with Crippen LogP contribution in [0.15, 0.2) is 47.1 Å². The van der Waals surface area contributed by atoms with Crippen LogP contribution >= 0.6 is 0 Å². The predicted molar refractivity (Wildman–Crippen MR) is 104 cm³/mol. The van der Waals surface area contributed by atoms with Gasteiger partial charge in [-0.3, -0.25) is 19.4 Å². The van der Waals surface area contributed by atoms with Gasteiger partial charge in [0, 0.05) is 6.54 Å². The molecule has 28 heavy (non-hydrogen) atoms. The third-order valence-corrected chi connectivity index (χ3v) is 5.28. The van der Waals surface area contributed by atoms with Crippen LogP contribution in [-0.4, -0.2) is 49.5 Å². The van der Waals surface area contributed by atoms with Gasteiger partial charge in [-0.2, -0.15) is 0 Å². The monoisotopic (exact) mass is 383 g/mol. The normalized spacial score (nSPS) is 18.3. The van der Waals surface area contributed by atoms with Crippen LogP contribution in [0, 0.1) is 0 Å². The van der Waals surface area contributed by atoms with E-state index in [1.165, 1.54) is 4.90 Å². The molecule has 4 rings (SSSR count). The fourth-order valence-electron chi connectivity index (χ4n) is 3.85. The van der Waals surface area contributed by atoms with Crippen molar-refractivity contribution in [3.05, 3.63) is 48.4 Å². The number of carbonyl (C=O) groups excluding carboxylic acids is 2. The van der Waals surface area contributed by atoms with Crippen molar-refractivity contribution < 1.29 is 18.7 Å². The molecule has 1 N–H and O–H groups in total. The molecule has 2 aromatic rings. The molecule has 1 atom stereocenters. The Morgan fingerprint density at radius 2 is 1.96 bits per heavy atom. The molecule has 0 saturated carbocycles. The molecule has 148 valence electrons. The number of nitrogens with one attached hydrogen (secondary N) is 1. The maximum absolute atomic E-state index is 12.7. The van der Waals surface area contributed by atoms with Gasteiger partial charge in [-0.15, -0.1) is 0 Å². The summed E-state index contributed by atoms with van der Waals surface area (Å²) in [7, 11) is 0. The maximum Gasteiger partial charge on any atom is 0.240 e. The van der Waals surface area contributed by atoms with Gasteiger partial charge in [0.2, 0.25) is 11.8 Å². The quantitative estimate of drug-likeness (QED) is 0.829. The van der Waals surface area contributed by atoms with Gasteiger partial charge in [0.15, 0.2) is 0 Å². The topological polar surface area (TPSA) is 75.0 Å². The molecule has 7 nitrogen and oxygen atoms in total. The van der Waals surface area contributed by atoms with Gasteiger partial charge in [0.05, 0.1) is 31.0 Å². The van der Waals surface area contributed by atoms with Crippen LogP contribution in [0.25, 0.3) is 0 Å². The maximum atomic E-state index is 12.7. The molecule has 1 fully saturated rings. The van der Waals surface area contributed by atoms with Gasteiger partial charge in [-0.1, -0.05) is 12.1 Å². The van der Waals surface area contributed by atoms with Gasteiger partial charge in [0.1, 0.15) is 18.1 Å². The number of rotatable bonds is 6. The number of anilines is 1. The number of benzene rings is 1. The highest BCUT2D eigenvalue weighted by molar-refractivity contribution is 6.00. The molecule has 7 heteroatoms. The van der Waals surface area contributed by atoms with Gasteiger partial charge < -0.3 is 14.5 Å². The summed E-state index contributed by atoms with van der Waals surface area (Å²) in [6.07, 6.45) is 4.23. The van der Waals surface area contributed by atoms with Crippen molar-refractivity contribution in [1.82, 2.24) is 10.2 Å². The van der Waals surface area contributed by atoms with Crippen molar-refractivity contribution in [2.75, 3.05) is 37.7 Å². The SMILES string of the molecule is O=C(CN1C(=O)CCOc2ccccc21)NC[C@@H](c1ccco1)N1CCCC1. The van der Waals surface area contributed by atoms with Crippen molar-refractivity contribution in [2.24, 2.45) is 0 Å². The van der Waals surface area contributed by atoms with E-state index < -0.39 is 0 Å². The number of ether oxygens (including phenoxy) is 1. The lowest BCUT2D eigenvalue weighted by atomic mass is 10.2. The van der Waals surface area contributed by atoms with Crippen LogP contribution in [0.4, 0.5) is 5.69 Å². The Morgan fingerprint density at radius 3 is 2.75 bits per heavy atom. The molecule has 1 aromatic heterocycles. The lowest BCUT2D eigenvalue weighted by Crippen LogP contribution is -2.43. The number of para-hydroxylation sites is 2. The van der Waals surface area contributed by atoms with Crippen LogP contribution in [0.5, 0.6) is 5.75 Å². The Kier molecular flexibility index (Phi) is 5.62. The van der Waals surface area contributed by atoms with Crippen LogP contribution in [-0.2, 0) is 9.59 Å². The summed E-state index contributed by atoms with van der Waals surface area (Å²) in [6.45, 7) is 2.74. The van der Waals surface area contributed by atoms with Crippen molar-refractivity contribution in [2.45, 2.75) is 25.3 Å². The average Bonchev–Trinajstić information content (AvgIpc) is 3.39. The van der Waals surface area contributed by atoms with E-state index in [0.717, 1.165) is 31.7 Å². The first-order chi connectivity index (χ1) is 13.7. The lowest BCUT2D eigenvalue weighted by Gasteiger charge is -2.27. The summed E-state index contributed by atoms with van der Waals surface area (Å²) in [4.78, 5) is 29.0. The molecule has 0 bridgehead atoms. The van der Waals surface area contributed by atoms with Gasteiger partial charge in [-0.05, 0) is 50.2 Å². The second-order valence-electron chi connectivity index (χ2n) is 7.12. The van der Waals surface area contributed by atoms with Crippen LogP contribution in [0.1, 0.15) is 31.1 Å². The average molecular weight is 383 g/mol. The Balaban J connectivity index is 1.42. The predicted octanol–water partition coefficient (Wildman–Crippen LogP) is 2.35. The summed E-state index contributed by atoms with van der Waals surface area (Å²) < 4.78 is 11.2. The molecule has 0 radical (unpaired) electrons. The molecule has 2 aliphatic rings. The fourth-order valence-corrected chi connectivity index (χ4v) is 3.85. The fraction of sp³-hybridized carbons (Fsp3) is 0.429. The third-order valence-electron chi connectivity index (χ3n) is 5.28. The second kappa shape index (κ2) is 8.48. The minimum atomic E-state index is -0.194. The zero-order valence-corrected chi connectivity index (χ0v) is 15.8. The molecule has 0 unspecified atom stereocenters. The number of fused-ring (bicyclic) bond motifs is 1. The van der Waals surface area contributed by atoms with E-state index in [1.807, 2.05) is 36.4 Å². The van der Waals surface area contributed by atoms with E-state index in [1.54, 1.807) is 6.26 Å². The largest absolute Gasteiger partial charge is 0.491 e. The standard InChI is InChI=1S/C21H25N3O4/c25-20(15-24-16-6-1-2-7-18(16)28-13-9-21(24)26)22-14-17(19-8-5-12-27-19)23-10-3-4-11-23/h1-2,5-8,12,17H,3-4,9-11,13-15H2,(H,22,25)/t17-/m0/s1. The number of carbonyl (C=O) groups is 2. The number of likely N-dealkylation sites (tertiary alicyclic amines) is 1. The Hall–Kier alpha value is -2.80. The number of hydrogen-bond acceptors (Lipinski definition) is 5. The highest BCUT2D eigenvalue weighted by Crippen LogP contribution is 2.31. The first-order valence-corrected chi connectivity index (χ1v) is 9.79. The second-order valence-corrected chi connectivity index (χ2v) is 7.12. The van der Waals surface area contributed by atoms with Gasteiger partial charge in [0.25, 0.3) is 0 Å². The van der Waals surface area contributed by atoms with Gasteiger partial charge >= 0.3 is 0 Å². The molecular weight excluding hydrogens is 358 g/mol. The zero-order valence-electron chi connectivity index (χ0n) is 15.8. The summed E-state index contributed by atoms with van der Waals surface area (Å²) in [5.41, 5.74) is 0.641. The third kappa shape index (κ3) is 4.04. The van der Waals surface area contributed by atoms with Crippen molar-refractivity contribution >= 4 is 17.5 Å². The molecule has 2 amide bonds. The van der Waals surface area contributed by atoms with Gasteiger partial charge in [-0.25, -0.2) is 0 Å². The Labute approximate surface area is 164 Å². The Morgan fingerprint density at radius 1 is 1.14 bits per heavy atom. The van der Waals surface area contributed by atoms with Crippen molar-refractivity contribution in [3.8, 4) is 5.75 Å². The van der Waals surface area contributed by atoms with E-state index in [9.17, 15) is 9.59 Å². The van der Waals surface area contributed by atoms with Crippen molar-refractivity contribution in [1.29, 1.82) is 0 Å². The summed E-state index contributed by atoms with van der Waals surface area (Å²) in [5.74, 6) is 1.18. The summed E-state index contributed by atoms with van der Waals surface area (Å²) in [5, 5.41) is 2.99. The zero-order chi connectivity index (χ0) is 19.3. The molecule has 2 aliphatic heterocycles. The van der Waals surface area contributed by atoms with E-state index in [4.69, 9.17) is 9.15 Å². The van der Waals surface area contributed by atoms with Crippen LogP contribution in [0.3, 0.4) is 0 Å². The van der Waals surface area contributed by atoms with E-state index in [2.05, 4.69) is 10.2 Å². The molecule has 0 spiro atoms. The number of hydrogen-bond donors (Lipinski definition) is 1. The van der Waals surface area contributed by atoms with E-state index in [0.29, 0.717) is 24.6 Å². The molecule has 1 aromatic carbocycles. The highest BCUT2D eigenvalue weighted by atomic mass is 16.5. The summed E-state index contributed by atoms with van der Waals surface area (Å²) >= 11 is 0. The number of nitrogens with zero attached hydrogens (tertiary/aromatic N) is 2. The minimum Gasteiger partial charge on any atom is -0.491 e. The van der Waals surface area contributed by atoms with Crippen LogP contribution < -0.4 is 15.0 Å². The first-order valence-electron chi connectivity index (χ1n) is 9.79. The first kappa shape index (κ1) is 18.6. The van der Waals surface area contributed by atoms with Crippen molar-refractivity contribution in [3.63, 3.8) is 0 Å². The Bertz CT molecular complexity index is 815. The highest BCUT2D eigenvalue weighted by Gasteiger charge is 2.28. The molecule has 0 aliphatic carbocycles. The number of furan rings is 1. The lowest BCUT2D eigenvalue weighted by molar-refractivity contribution is -0.124. The van der Waals surface area contributed by atoms with E-state index in [-0.39, 0.29) is 30.8 Å². The minimum absolute atomic E-state index is 0.0110. The smallest absolute Gasteiger partial charge is 0.240 e. The molecular formula is C21H25N3O4. The molecule has 1 saturated heterocycles. The van der Waals surface area contributed by atoms with E-state index >= 15 is 0 Å². The van der Waals surface area contributed by atoms with Crippen LogP contribution in [0.2, 0.25) is 0 Å². The number of amides is 2.